The number of aryl methyl sites for hydroxylation is 1. The van der Waals surface area contributed by atoms with Crippen molar-refractivity contribution in [3.8, 4) is 0 Å². The summed E-state index contributed by atoms with van der Waals surface area (Å²) in [7, 11) is -4.52. The van der Waals surface area contributed by atoms with Gasteiger partial charge in [0, 0.05) is 0 Å². The van der Waals surface area contributed by atoms with Crippen LogP contribution in [0.3, 0.4) is 0 Å². The number of sulfonamides is 1. The van der Waals surface area contributed by atoms with E-state index in [1.807, 2.05) is 0 Å². The summed E-state index contributed by atoms with van der Waals surface area (Å²) in [5.41, 5.74) is -1.15. The Balaban J connectivity index is 3.72. The molecular formula is C8H7ClF3NO2S. The highest BCUT2D eigenvalue weighted by atomic mass is 35.5. The molecule has 0 bridgehead atoms. The fraction of sp³-hybridized carbons (Fsp3) is 0.250. The summed E-state index contributed by atoms with van der Waals surface area (Å²) < 4.78 is 59.7. The molecule has 3 nitrogen and oxygen atoms in total. The van der Waals surface area contributed by atoms with E-state index in [2.05, 4.69) is 0 Å². The van der Waals surface area contributed by atoms with Crippen LogP contribution in [0.2, 0.25) is 5.02 Å². The van der Waals surface area contributed by atoms with Gasteiger partial charge in [0.1, 0.15) is 4.90 Å². The molecule has 1 aromatic rings. The topological polar surface area (TPSA) is 60.2 Å². The van der Waals surface area contributed by atoms with Crippen LogP contribution in [0, 0.1) is 6.92 Å². The van der Waals surface area contributed by atoms with Crippen LogP contribution in [0.1, 0.15) is 11.1 Å². The van der Waals surface area contributed by atoms with Crippen molar-refractivity contribution in [1.29, 1.82) is 0 Å². The third kappa shape index (κ3) is 2.66. The van der Waals surface area contributed by atoms with Crippen molar-refractivity contribution in [2.75, 3.05) is 0 Å². The minimum atomic E-state index is -4.82. The molecule has 0 heterocycles. The Morgan fingerprint density at radius 3 is 2.19 bits per heavy atom. The molecule has 0 aromatic heterocycles. The van der Waals surface area contributed by atoms with Crippen molar-refractivity contribution >= 4 is 21.6 Å². The van der Waals surface area contributed by atoms with E-state index in [0.29, 0.717) is 6.07 Å². The molecule has 0 amide bonds. The number of hydrogen-bond donors (Lipinski definition) is 1. The van der Waals surface area contributed by atoms with E-state index in [0.717, 1.165) is 6.07 Å². The molecular weight excluding hydrogens is 267 g/mol. The van der Waals surface area contributed by atoms with Gasteiger partial charge in [0.25, 0.3) is 0 Å². The Kier molecular flexibility index (Phi) is 3.24. The van der Waals surface area contributed by atoms with Crippen LogP contribution in [0.4, 0.5) is 13.2 Å². The second-order valence-electron chi connectivity index (χ2n) is 3.17. The lowest BCUT2D eigenvalue weighted by Gasteiger charge is -2.13. The minimum absolute atomic E-state index is 0.199. The number of hydrogen-bond acceptors (Lipinski definition) is 2. The van der Waals surface area contributed by atoms with E-state index >= 15 is 0 Å². The lowest BCUT2D eigenvalue weighted by atomic mass is 10.1. The monoisotopic (exact) mass is 273 g/mol. The van der Waals surface area contributed by atoms with E-state index in [1.165, 1.54) is 6.92 Å². The van der Waals surface area contributed by atoms with Crippen LogP contribution in [0.25, 0.3) is 0 Å². The molecule has 0 fully saturated rings. The quantitative estimate of drug-likeness (QED) is 0.853. The Morgan fingerprint density at radius 2 is 1.81 bits per heavy atom. The third-order valence-electron chi connectivity index (χ3n) is 1.78. The fourth-order valence-corrected chi connectivity index (χ4v) is 2.64. The molecule has 8 heteroatoms. The summed E-state index contributed by atoms with van der Waals surface area (Å²) >= 11 is 5.47. The van der Waals surface area contributed by atoms with Gasteiger partial charge in [0.15, 0.2) is 0 Å². The number of benzene rings is 1. The van der Waals surface area contributed by atoms with Crippen molar-refractivity contribution in [2.45, 2.75) is 18.0 Å². The van der Waals surface area contributed by atoms with Gasteiger partial charge in [-0.3, -0.25) is 0 Å². The van der Waals surface area contributed by atoms with Crippen molar-refractivity contribution in [3.05, 3.63) is 28.3 Å². The smallest absolute Gasteiger partial charge is 0.225 e. The van der Waals surface area contributed by atoms with Crippen LogP contribution < -0.4 is 5.14 Å². The number of primary sulfonamides is 1. The zero-order valence-corrected chi connectivity index (χ0v) is 9.54. The summed E-state index contributed by atoms with van der Waals surface area (Å²) in [6.45, 7) is 1.37. The minimum Gasteiger partial charge on any atom is -0.225 e. The number of rotatable bonds is 1. The molecule has 0 aliphatic carbocycles. The Morgan fingerprint density at radius 1 is 1.31 bits per heavy atom. The normalized spacial score (nSPS) is 12.9. The molecule has 1 rings (SSSR count). The van der Waals surface area contributed by atoms with Gasteiger partial charge in [-0.25, -0.2) is 13.6 Å². The lowest BCUT2D eigenvalue weighted by Crippen LogP contribution is -2.19. The molecule has 90 valence electrons. The zero-order valence-electron chi connectivity index (χ0n) is 7.97. The molecule has 2 N–H and O–H groups in total. The summed E-state index contributed by atoms with van der Waals surface area (Å²) in [5, 5.41) is 4.16. The zero-order chi connectivity index (χ0) is 12.7. The van der Waals surface area contributed by atoms with Crippen LogP contribution in [0.5, 0.6) is 0 Å². The van der Waals surface area contributed by atoms with E-state index < -0.39 is 31.7 Å². The Hall–Kier alpha value is -0.790. The van der Waals surface area contributed by atoms with E-state index in [9.17, 15) is 21.6 Å². The van der Waals surface area contributed by atoms with E-state index in [-0.39, 0.29) is 5.56 Å². The van der Waals surface area contributed by atoms with Crippen LogP contribution in [-0.4, -0.2) is 8.42 Å². The molecule has 0 atom stereocenters. The van der Waals surface area contributed by atoms with Gasteiger partial charge in [-0.05, 0) is 24.6 Å². The average Bonchev–Trinajstić information content (AvgIpc) is 1.97. The third-order valence-corrected chi connectivity index (χ3v) is 3.20. The highest BCUT2D eigenvalue weighted by molar-refractivity contribution is 7.89. The molecule has 0 saturated heterocycles. The number of halogens is 4. The molecule has 0 spiro atoms. The average molecular weight is 274 g/mol. The standard InChI is InChI=1S/C8H7ClF3NO2S/c1-4-2-5(8(10,11)12)7(6(9)3-4)16(13,14)15/h2-3H,1H3,(H2,13,14,15). The van der Waals surface area contributed by atoms with Crippen molar-refractivity contribution in [2.24, 2.45) is 5.14 Å². The van der Waals surface area contributed by atoms with Crippen LogP contribution in [0.15, 0.2) is 17.0 Å². The van der Waals surface area contributed by atoms with Crippen molar-refractivity contribution in [3.63, 3.8) is 0 Å². The second-order valence-corrected chi connectivity index (χ2v) is 5.07. The lowest BCUT2D eigenvalue weighted by molar-refractivity contribution is -0.139. The second kappa shape index (κ2) is 3.90. The summed E-state index contributed by atoms with van der Waals surface area (Å²) in [5.74, 6) is 0. The Bertz CT molecular complexity index is 525. The van der Waals surface area contributed by atoms with Crippen LogP contribution in [-0.2, 0) is 16.2 Å². The Labute approximate surface area is 95.1 Å². The molecule has 16 heavy (non-hydrogen) atoms. The highest BCUT2D eigenvalue weighted by Crippen LogP contribution is 2.37. The molecule has 0 saturated carbocycles. The SMILES string of the molecule is Cc1cc(Cl)c(S(N)(=O)=O)c(C(F)(F)F)c1. The molecule has 0 unspecified atom stereocenters. The molecule has 0 radical (unpaired) electrons. The van der Waals surface area contributed by atoms with Crippen LogP contribution >= 0.6 is 11.6 Å². The van der Waals surface area contributed by atoms with Crippen molar-refractivity contribution in [1.82, 2.24) is 0 Å². The first kappa shape index (κ1) is 13.3. The maximum atomic E-state index is 12.6. The van der Waals surface area contributed by atoms with Gasteiger partial charge >= 0.3 is 6.18 Å². The highest BCUT2D eigenvalue weighted by Gasteiger charge is 2.37. The molecule has 0 aliphatic heterocycles. The molecule has 1 aromatic carbocycles. The predicted molar refractivity (Wildman–Crippen MR) is 52.6 cm³/mol. The van der Waals surface area contributed by atoms with Gasteiger partial charge in [-0.1, -0.05) is 11.6 Å². The summed E-state index contributed by atoms with van der Waals surface area (Å²) in [6, 6.07) is 1.79. The first-order valence-corrected chi connectivity index (χ1v) is 5.86. The first-order valence-electron chi connectivity index (χ1n) is 3.93. The summed E-state index contributed by atoms with van der Waals surface area (Å²) in [4.78, 5) is -1.09. The van der Waals surface area contributed by atoms with E-state index in [1.54, 1.807) is 0 Å². The van der Waals surface area contributed by atoms with Gasteiger partial charge in [0.2, 0.25) is 10.0 Å². The first-order chi connectivity index (χ1) is 7.03. The number of alkyl halides is 3. The van der Waals surface area contributed by atoms with Gasteiger partial charge in [-0.2, -0.15) is 13.2 Å². The van der Waals surface area contributed by atoms with E-state index in [4.69, 9.17) is 16.7 Å². The van der Waals surface area contributed by atoms with Gasteiger partial charge < -0.3 is 0 Å². The number of nitrogens with two attached hydrogens (primary N) is 1. The summed E-state index contributed by atoms with van der Waals surface area (Å²) in [6.07, 6.45) is -4.82. The maximum Gasteiger partial charge on any atom is 0.417 e. The van der Waals surface area contributed by atoms with Gasteiger partial charge in [-0.15, -0.1) is 0 Å². The van der Waals surface area contributed by atoms with Crippen molar-refractivity contribution < 1.29 is 21.6 Å². The maximum absolute atomic E-state index is 12.6. The largest absolute Gasteiger partial charge is 0.417 e. The molecule has 0 aliphatic rings. The predicted octanol–water partition coefficient (Wildman–Crippen LogP) is 2.31. The fourth-order valence-electron chi connectivity index (χ4n) is 1.23. The van der Waals surface area contributed by atoms with Gasteiger partial charge in [0.05, 0.1) is 10.6 Å².